The highest BCUT2D eigenvalue weighted by Crippen LogP contribution is 2.27. The van der Waals surface area contributed by atoms with E-state index in [1.165, 1.54) is 6.07 Å². The summed E-state index contributed by atoms with van der Waals surface area (Å²) in [5, 5.41) is 12.2. The van der Waals surface area contributed by atoms with Crippen LogP contribution in [0.2, 0.25) is 0 Å². The van der Waals surface area contributed by atoms with Crippen molar-refractivity contribution in [3.63, 3.8) is 0 Å². The molecule has 1 unspecified atom stereocenters. The van der Waals surface area contributed by atoms with Crippen molar-refractivity contribution >= 4 is 11.4 Å². The molecule has 0 fully saturated rings. The molecule has 0 aromatic heterocycles. The molecule has 1 aromatic rings. The van der Waals surface area contributed by atoms with Crippen molar-refractivity contribution in [2.75, 3.05) is 17.7 Å². The van der Waals surface area contributed by atoms with Gasteiger partial charge >= 0.3 is 0 Å². The molecule has 0 heterocycles. The SMILES string of the molecule is CCC(C)(CCO)Nc1cccc(F)c1N. The largest absolute Gasteiger partial charge is 0.396 e. The van der Waals surface area contributed by atoms with Gasteiger partial charge in [0.25, 0.3) is 0 Å². The zero-order chi connectivity index (χ0) is 12.2. The molecule has 1 atom stereocenters. The Hall–Kier alpha value is -1.29. The number of hydrogen-bond acceptors (Lipinski definition) is 3. The molecule has 0 saturated carbocycles. The normalized spacial score (nSPS) is 14.5. The maximum absolute atomic E-state index is 13.2. The summed E-state index contributed by atoms with van der Waals surface area (Å²) in [7, 11) is 0. The van der Waals surface area contributed by atoms with Crippen LogP contribution < -0.4 is 11.1 Å². The minimum Gasteiger partial charge on any atom is -0.396 e. The molecule has 0 saturated heterocycles. The number of para-hydroxylation sites is 1. The number of nitrogens with two attached hydrogens (primary N) is 1. The number of benzene rings is 1. The van der Waals surface area contributed by atoms with Crippen LogP contribution >= 0.6 is 0 Å². The quantitative estimate of drug-likeness (QED) is 0.675. The van der Waals surface area contributed by atoms with E-state index in [0.29, 0.717) is 12.1 Å². The monoisotopic (exact) mass is 226 g/mol. The Bertz CT molecular complexity index is 357. The van der Waals surface area contributed by atoms with E-state index < -0.39 is 5.82 Å². The second-order valence-electron chi connectivity index (χ2n) is 4.21. The molecule has 16 heavy (non-hydrogen) atoms. The highest BCUT2D eigenvalue weighted by molar-refractivity contribution is 5.67. The van der Waals surface area contributed by atoms with E-state index in [1.807, 2.05) is 13.8 Å². The van der Waals surface area contributed by atoms with Gasteiger partial charge in [-0.3, -0.25) is 0 Å². The number of rotatable bonds is 5. The summed E-state index contributed by atoms with van der Waals surface area (Å²) in [6.45, 7) is 4.08. The smallest absolute Gasteiger partial charge is 0.148 e. The maximum atomic E-state index is 13.2. The first-order valence-electron chi connectivity index (χ1n) is 5.45. The number of anilines is 2. The lowest BCUT2D eigenvalue weighted by Gasteiger charge is -2.30. The van der Waals surface area contributed by atoms with Crippen molar-refractivity contribution in [1.29, 1.82) is 0 Å². The summed E-state index contributed by atoms with van der Waals surface area (Å²) in [5.41, 5.74) is 6.08. The van der Waals surface area contributed by atoms with Crippen LogP contribution in [-0.2, 0) is 0 Å². The third-order valence-electron chi connectivity index (χ3n) is 2.93. The summed E-state index contributed by atoms with van der Waals surface area (Å²) in [6, 6.07) is 4.68. The van der Waals surface area contributed by atoms with Gasteiger partial charge in [-0.1, -0.05) is 13.0 Å². The van der Waals surface area contributed by atoms with Gasteiger partial charge in [0.1, 0.15) is 5.82 Å². The number of hydrogen-bond donors (Lipinski definition) is 3. The van der Waals surface area contributed by atoms with E-state index in [0.717, 1.165) is 6.42 Å². The topological polar surface area (TPSA) is 58.3 Å². The Labute approximate surface area is 95.5 Å². The second-order valence-corrected chi connectivity index (χ2v) is 4.21. The minimum absolute atomic E-state index is 0.0898. The van der Waals surface area contributed by atoms with Gasteiger partial charge in [-0.15, -0.1) is 0 Å². The molecule has 4 heteroatoms. The fourth-order valence-electron chi connectivity index (χ4n) is 1.55. The zero-order valence-electron chi connectivity index (χ0n) is 9.76. The highest BCUT2D eigenvalue weighted by Gasteiger charge is 2.22. The van der Waals surface area contributed by atoms with Gasteiger partial charge in [-0.25, -0.2) is 4.39 Å². The van der Waals surface area contributed by atoms with Crippen LogP contribution in [0.25, 0.3) is 0 Å². The second kappa shape index (κ2) is 5.16. The standard InChI is InChI=1S/C12H19FN2O/c1-3-12(2,7-8-16)15-10-6-4-5-9(13)11(10)14/h4-6,15-16H,3,7-8,14H2,1-2H3. The van der Waals surface area contributed by atoms with E-state index >= 15 is 0 Å². The van der Waals surface area contributed by atoms with Crippen LogP contribution in [-0.4, -0.2) is 17.3 Å². The van der Waals surface area contributed by atoms with Gasteiger partial charge in [0.05, 0.1) is 11.4 Å². The van der Waals surface area contributed by atoms with Crippen LogP contribution in [0.4, 0.5) is 15.8 Å². The van der Waals surface area contributed by atoms with Crippen molar-refractivity contribution in [2.24, 2.45) is 0 Å². The molecular formula is C12H19FN2O. The van der Waals surface area contributed by atoms with E-state index in [2.05, 4.69) is 5.32 Å². The van der Waals surface area contributed by atoms with E-state index in [4.69, 9.17) is 10.8 Å². The predicted octanol–water partition coefficient (Wildman–Crippen LogP) is 2.37. The summed E-state index contributed by atoms with van der Waals surface area (Å²) in [6.07, 6.45) is 1.42. The van der Waals surface area contributed by atoms with Crippen LogP contribution in [0.1, 0.15) is 26.7 Å². The van der Waals surface area contributed by atoms with Crippen molar-refractivity contribution in [3.05, 3.63) is 24.0 Å². The molecule has 0 bridgehead atoms. The fraction of sp³-hybridized carbons (Fsp3) is 0.500. The number of nitrogens with one attached hydrogen (secondary N) is 1. The van der Waals surface area contributed by atoms with Crippen molar-refractivity contribution in [3.8, 4) is 0 Å². The summed E-state index contributed by atoms with van der Waals surface area (Å²) in [5.74, 6) is -0.424. The van der Waals surface area contributed by atoms with Gasteiger partial charge in [-0.05, 0) is 31.9 Å². The lowest BCUT2D eigenvalue weighted by molar-refractivity contribution is 0.252. The van der Waals surface area contributed by atoms with Crippen LogP contribution in [0, 0.1) is 5.82 Å². The first-order chi connectivity index (χ1) is 7.52. The van der Waals surface area contributed by atoms with Gasteiger partial charge in [0.15, 0.2) is 0 Å². The van der Waals surface area contributed by atoms with Crippen LogP contribution in [0.3, 0.4) is 0 Å². The van der Waals surface area contributed by atoms with Crippen molar-refractivity contribution in [2.45, 2.75) is 32.2 Å². The van der Waals surface area contributed by atoms with Crippen LogP contribution in [0.15, 0.2) is 18.2 Å². The molecule has 3 nitrogen and oxygen atoms in total. The molecule has 90 valence electrons. The molecule has 0 aliphatic rings. The first kappa shape index (κ1) is 12.8. The lowest BCUT2D eigenvalue weighted by Crippen LogP contribution is -2.35. The molecule has 1 rings (SSSR count). The molecule has 0 aliphatic heterocycles. The van der Waals surface area contributed by atoms with Gasteiger partial charge in [0.2, 0.25) is 0 Å². The first-order valence-corrected chi connectivity index (χ1v) is 5.45. The van der Waals surface area contributed by atoms with Gasteiger partial charge in [0, 0.05) is 12.1 Å². The average molecular weight is 226 g/mol. The third kappa shape index (κ3) is 2.85. The number of aliphatic hydroxyl groups excluding tert-OH is 1. The molecule has 0 radical (unpaired) electrons. The Morgan fingerprint density at radius 1 is 1.50 bits per heavy atom. The summed E-state index contributed by atoms with van der Waals surface area (Å²) in [4.78, 5) is 0. The molecule has 0 spiro atoms. The van der Waals surface area contributed by atoms with Crippen LogP contribution in [0.5, 0.6) is 0 Å². The fourth-order valence-corrected chi connectivity index (χ4v) is 1.55. The third-order valence-corrected chi connectivity index (χ3v) is 2.93. The van der Waals surface area contributed by atoms with Crippen molar-refractivity contribution in [1.82, 2.24) is 0 Å². The molecule has 0 aliphatic carbocycles. The molecule has 0 amide bonds. The van der Waals surface area contributed by atoms with E-state index in [9.17, 15) is 4.39 Å². The van der Waals surface area contributed by atoms with E-state index in [1.54, 1.807) is 12.1 Å². The lowest BCUT2D eigenvalue weighted by atomic mass is 9.94. The minimum atomic E-state index is -0.424. The summed E-state index contributed by atoms with van der Waals surface area (Å²) >= 11 is 0. The van der Waals surface area contributed by atoms with Crippen molar-refractivity contribution < 1.29 is 9.50 Å². The maximum Gasteiger partial charge on any atom is 0.148 e. The Balaban J connectivity index is 2.90. The zero-order valence-corrected chi connectivity index (χ0v) is 9.76. The highest BCUT2D eigenvalue weighted by atomic mass is 19.1. The Morgan fingerprint density at radius 2 is 2.19 bits per heavy atom. The Kier molecular flexibility index (Phi) is 4.12. The number of aliphatic hydroxyl groups is 1. The number of halogens is 1. The van der Waals surface area contributed by atoms with E-state index in [-0.39, 0.29) is 17.8 Å². The Morgan fingerprint density at radius 3 is 2.75 bits per heavy atom. The number of nitrogen functional groups attached to an aromatic ring is 1. The van der Waals surface area contributed by atoms with Gasteiger partial charge in [-0.2, -0.15) is 0 Å². The average Bonchev–Trinajstić information content (AvgIpc) is 2.25. The molecular weight excluding hydrogens is 207 g/mol. The van der Waals surface area contributed by atoms with Gasteiger partial charge < -0.3 is 16.2 Å². The predicted molar refractivity (Wildman–Crippen MR) is 64.8 cm³/mol. The summed E-state index contributed by atoms with van der Waals surface area (Å²) < 4.78 is 13.2. The molecule has 1 aromatic carbocycles. The molecule has 4 N–H and O–H groups in total.